The normalized spacial score (nSPS) is 26.6. The van der Waals surface area contributed by atoms with E-state index in [0.717, 1.165) is 37.2 Å². The monoisotopic (exact) mass is 229 g/mol. The predicted octanol–water partition coefficient (Wildman–Crippen LogP) is 2.57. The largest absolute Gasteiger partial charge is 0.493 e. The third-order valence-electron chi connectivity index (χ3n) is 3.90. The Bertz CT molecular complexity index is 587. The predicted molar refractivity (Wildman–Crippen MR) is 65.4 cm³/mol. The highest BCUT2D eigenvalue weighted by molar-refractivity contribution is 5.88. The average molecular weight is 229 g/mol. The first kappa shape index (κ1) is 9.54. The molecule has 2 unspecified atom stereocenters. The third-order valence-corrected chi connectivity index (χ3v) is 3.90. The van der Waals surface area contributed by atoms with Gasteiger partial charge in [0.2, 0.25) is 0 Å². The third kappa shape index (κ3) is 1.32. The number of fused-ring (bicyclic) bond motifs is 3. The van der Waals surface area contributed by atoms with E-state index >= 15 is 0 Å². The van der Waals surface area contributed by atoms with Crippen LogP contribution in [0.15, 0.2) is 22.8 Å². The molecule has 0 saturated heterocycles. The number of benzene rings is 1. The number of hydrogen-bond acceptors (Lipinski definition) is 3. The van der Waals surface area contributed by atoms with Crippen LogP contribution in [-0.2, 0) is 6.42 Å². The molecule has 0 amide bonds. The molecule has 1 fully saturated rings. The van der Waals surface area contributed by atoms with Crippen LogP contribution in [0.2, 0.25) is 0 Å². The maximum atomic E-state index is 5.95. The van der Waals surface area contributed by atoms with Crippen LogP contribution in [0.5, 0.6) is 5.75 Å². The number of rotatable bonds is 1. The van der Waals surface area contributed by atoms with Crippen molar-refractivity contribution in [2.75, 3.05) is 6.61 Å². The summed E-state index contributed by atoms with van der Waals surface area (Å²) in [4.78, 5) is 0. The molecular formula is C14H15NO2. The van der Waals surface area contributed by atoms with Gasteiger partial charge in [-0.1, -0.05) is 0 Å². The van der Waals surface area contributed by atoms with Gasteiger partial charge in [0, 0.05) is 28.5 Å². The minimum absolute atomic E-state index is 0.316. The number of nitrogens with two attached hydrogens (primary N) is 1. The van der Waals surface area contributed by atoms with Crippen LogP contribution in [0.1, 0.15) is 29.9 Å². The minimum Gasteiger partial charge on any atom is -0.493 e. The van der Waals surface area contributed by atoms with E-state index in [9.17, 15) is 0 Å². The summed E-state index contributed by atoms with van der Waals surface area (Å²) in [7, 11) is 0. The Kier molecular flexibility index (Phi) is 1.83. The molecule has 2 N–H and O–H groups in total. The molecule has 0 radical (unpaired) electrons. The van der Waals surface area contributed by atoms with Crippen molar-refractivity contribution < 1.29 is 9.15 Å². The van der Waals surface area contributed by atoms with Gasteiger partial charge in [-0.15, -0.1) is 0 Å². The number of ether oxygens (including phenoxy) is 1. The molecular weight excluding hydrogens is 214 g/mol. The van der Waals surface area contributed by atoms with E-state index in [2.05, 4.69) is 0 Å². The van der Waals surface area contributed by atoms with Crippen LogP contribution >= 0.6 is 0 Å². The molecule has 3 nitrogen and oxygen atoms in total. The lowest BCUT2D eigenvalue weighted by Gasteiger charge is -2.18. The molecule has 2 atom stereocenters. The van der Waals surface area contributed by atoms with Crippen molar-refractivity contribution in [2.24, 2.45) is 5.73 Å². The fraction of sp³-hybridized carbons (Fsp3) is 0.429. The van der Waals surface area contributed by atoms with Crippen LogP contribution in [0, 0.1) is 0 Å². The summed E-state index contributed by atoms with van der Waals surface area (Å²) in [5.74, 6) is 1.52. The number of furan rings is 1. The highest BCUT2D eigenvalue weighted by Crippen LogP contribution is 2.46. The molecule has 0 spiro atoms. The van der Waals surface area contributed by atoms with Crippen molar-refractivity contribution >= 4 is 11.0 Å². The average Bonchev–Trinajstić information content (AvgIpc) is 2.93. The lowest BCUT2D eigenvalue weighted by molar-refractivity contribution is 0.289. The van der Waals surface area contributed by atoms with Crippen molar-refractivity contribution in [3.63, 3.8) is 0 Å². The Morgan fingerprint density at radius 2 is 2.18 bits per heavy atom. The van der Waals surface area contributed by atoms with Crippen LogP contribution in [-0.4, -0.2) is 12.6 Å². The van der Waals surface area contributed by atoms with Crippen molar-refractivity contribution in [3.8, 4) is 5.75 Å². The second kappa shape index (κ2) is 3.26. The molecule has 2 aromatic rings. The first-order valence-corrected chi connectivity index (χ1v) is 6.26. The van der Waals surface area contributed by atoms with Crippen molar-refractivity contribution in [1.29, 1.82) is 0 Å². The summed E-state index contributed by atoms with van der Waals surface area (Å²) in [6.45, 7) is 0.828. The van der Waals surface area contributed by atoms with Gasteiger partial charge < -0.3 is 14.9 Å². The molecule has 17 heavy (non-hydrogen) atoms. The maximum absolute atomic E-state index is 5.95. The Morgan fingerprint density at radius 3 is 3.00 bits per heavy atom. The van der Waals surface area contributed by atoms with Crippen molar-refractivity contribution in [1.82, 2.24) is 0 Å². The molecule has 1 aromatic heterocycles. The Balaban J connectivity index is 1.97. The molecule has 3 heteroatoms. The fourth-order valence-electron chi connectivity index (χ4n) is 2.87. The smallest absolute Gasteiger partial charge is 0.134 e. The summed E-state index contributed by atoms with van der Waals surface area (Å²) in [5, 5.41) is 1.26. The molecule has 2 heterocycles. The summed E-state index contributed by atoms with van der Waals surface area (Å²) < 4.78 is 11.4. The Hall–Kier alpha value is -1.48. The number of hydrogen-bond donors (Lipinski definition) is 1. The lowest BCUT2D eigenvalue weighted by Crippen LogP contribution is -2.09. The fourth-order valence-corrected chi connectivity index (χ4v) is 2.87. The zero-order valence-corrected chi connectivity index (χ0v) is 9.61. The van der Waals surface area contributed by atoms with Crippen LogP contribution in [0.4, 0.5) is 0 Å². The zero-order chi connectivity index (χ0) is 11.4. The van der Waals surface area contributed by atoms with Crippen LogP contribution in [0.25, 0.3) is 11.0 Å². The topological polar surface area (TPSA) is 48.4 Å². The van der Waals surface area contributed by atoms with Gasteiger partial charge in [0.05, 0.1) is 12.9 Å². The van der Waals surface area contributed by atoms with Gasteiger partial charge >= 0.3 is 0 Å². The second-order valence-corrected chi connectivity index (χ2v) is 5.06. The standard InChI is InChI=1S/C14H15NO2/c15-11-6-9(11)10-7-17-13-4-3-12-8(14(10)13)2-1-5-16-12/h3-4,7,9,11H,1-2,5-6,15H2. The number of aryl methyl sites for hydroxylation is 1. The van der Waals surface area contributed by atoms with Gasteiger partial charge in [0.15, 0.2) is 0 Å². The van der Waals surface area contributed by atoms with Gasteiger partial charge in [-0.05, 0) is 31.4 Å². The van der Waals surface area contributed by atoms with Crippen LogP contribution < -0.4 is 10.5 Å². The SMILES string of the molecule is NC1CC1c1coc2ccc3c(c12)CCCO3. The summed E-state index contributed by atoms with van der Waals surface area (Å²) in [6.07, 6.45) is 5.14. The van der Waals surface area contributed by atoms with E-state index in [1.165, 1.54) is 16.5 Å². The summed E-state index contributed by atoms with van der Waals surface area (Å²) >= 11 is 0. The van der Waals surface area contributed by atoms with E-state index < -0.39 is 0 Å². The molecule has 2 aliphatic rings. The van der Waals surface area contributed by atoms with E-state index in [4.69, 9.17) is 14.9 Å². The van der Waals surface area contributed by atoms with Crippen molar-refractivity contribution in [2.45, 2.75) is 31.2 Å². The van der Waals surface area contributed by atoms with E-state index in [0.29, 0.717) is 12.0 Å². The van der Waals surface area contributed by atoms with Gasteiger partial charge in [0.25, 0.3) is 0 Å². The first-order chi connectivity index (χ1) is 8.34. The molecule has 1 aliphatic carbocycles. The van der Waals surface area contributed by atoms with Crippen molar-refractivity contribution in [3.05, 3.63) is 29.5 Å². The highest BCUT2D eigenvalue weighted by atomic mass is 16.5. The molecule has 1 saturated carbocycles. The quantitative estimate of drug-likeness (QED) is 0.817. The zero-order valence-electron chi connectivity index (χ0n) is 9.61. The maximum Gasteiger partial charge on any atom is 0.134 e. The van der Waals surface area contributed by atoms with Gasteiger partial charge in [-0.2, -0.15) is 0 Å². The summed E-state index contributed by atoms with van der Waals surface area (Å²) in [5.41, 5.74) is 9.53. The van der Waals surface area contributed by atoms with E-state index in [1.54, 1.807) is 0 Å². The molecule has 4 rings (SSSR count). The Labute approximate surface area is 99.5 Å². The Morgan fingerprint density at radius 1 is 1.29 bits per heavy atom. The highest BCUT2D eigenvalue weighted by Gasteiger charge is 2.38. The summed E-state index contributed by atoms with van der Waals surface area (Å²) in [6, 6.07) is 4.35. The van der Waals surface area contributed by atoms with E-state index in [1.807, 2.05) is 18.4 Å². The second-order valence-electron chi connectivity index (χ2n) is 5.06. The molecule has 88 valence electrons. The molecule has 1 aromatic carbocycles. The van der Waals surface area contributed by atoms with E-state index in [-0.39, 0.29) is 0 Å². The molecule has 0 bridgehead atoms. The van der Waals surface area contributed by atoms with Gasteiger partial charge in [-0.25, -0.2) is 0 Å². The molecule has 1 aliphatic heterocycles. The first-order valence-electron chi connectivity index (χ1n) is 6.26. The lowest BCUT2D eigenvalue weighted by atomic mass is 9.97. The minimum atomic E-state index is 0.316. The van der Waals surface area contributed by atoms with Gasteiger partial charge in [0.1, 0.15) is 11.3 Å². The van der Waals surface area contributed by atoms with Crippen LogP contribution in [0.3, 0.4) is 0 Å². The van der Waals surface area contributed by atoms with Gasteiger partial charge in [-0.3, -0.25) is 0 Å².